The van der Waals surface area contributed by atoms with E-state index in [2.05, 4.69) is 10.2 Å². The Morgan fingerprint density at radius 1 is 0.857 bits per heavy atom. The number of nitrogens with one attached hydrogen (secondary N) is 1. The first-order valence-corrected chi connectivity index (χ1v) is 10.2. The lowest BCUT2D eigenvalue weighted by Gasteiger charge is -2.10. The van der Waals surface area contributed by atoms with E-state index >= 15 is 0 Å². The normalized spacial score (nSPS) is 11.3. The van der Waals surface area contributed by atoms with Crippen LogP contribution in [0.4, 0.5) is 0 Å². The molecule has 5 nitrogen and oxygen atoms in total. The van der Waals surface area contributed by atoms with Crippen LogP contribution in [0.15, 0.2) is 89.8 Å². The van der Waals surface area contributed by atoms with Gasteiger partial charge in [0.15, 0.2) is 5.75 Å². The fraction of sp³-hybridized carbons (Fsp3) is 0. The summed E-state index contributed by atoms with van der Waals surface area (Å²) in [4.78, 5) is -0.0122. The van der Waals surface area contributed by atoms with Gasteiger partial charge in [0.1, 0.15) is 4.90 Å². The maximum atomic E-state index is 12.7. The molecule has 1 N–H and O–H groups in total. The number of hydrogen-bond acceptors (Lipinski definition) is 4. The van der Waals surface area contributed by atoms with Crippen LogP contribution in [0.3, 0.4) is 0 Å². The van der Waals surface area contributed by atoms with Gasteiger partial charge in [-0.2, -0.15) is 13.5 Å². The highest BCUT2D eigenvalue weighted by molar-refractivity contribution is 7.87. The van der Waals surface area contributed by atoms with Gasteiger partial charge < -0.3 is 4.18 Å². The fourth-order valence-corrected chi connectivity index (χ4v) is 4.01. The standard InChI is InChI=1S/C21H15ClN2O3S/c22-16-9-6-10-17(13-16)28(25,26)27-21-12-5-4-11-18(21)20-14-19(23-24-20)15-7-2-1-3-8-15/h1-14H,(H,23,24). The summed E-state index contributed by atoms with van der Waals surface area (Å²) in [6.07, 6.45) is 0. The van der Waals surface area contributed by atoms with Crippen LogP contribution < -0.4 is 4.18 Å². The molecule has 0 saturated heterocycles. The zero-order chi connectivity index (χ0) is 19.6. The minimum Gasteiger partial charge on any atom is -0.378 e. The van der Waals surface area contributed by atoms with Crippen molar-refractivity contribution in [2.75, 3.05) is 0 Å². The minimum absolute atomic E-state index is 0.0122. The Labute approximate surface area is 167 Å². The number of halogens is 1. The first-order valence-electron chi connectivity index (χ1n) is 8.43. The largest absolute Gasteiger partial charge is 0.378 e. The van der Waals surface area contributed by atoms with Crippen LogP contribution in [-0.2, 0) is 10.1 Å². The molecule has 3 aromatic carbocycles. The average molecular weight is 411 g/mol. The third-order valence-corrected chi connectivity index (χ3v) is 5.58. The smallest absolute Gasteiger partial charge is 0.339 e. The van der Waals surface area contributed by atoms with Crippen LogP contribution in [0.1, 0.15) is 0 Å². The van der Waals surface area contributed by atoms with Gasteiger partial charge in [-0.3, -0.25) is 5.10 Å². The molecule has 1 aromatic heterocycles. The van der Waals surface area contributed by atoms with E-state index in [4.69, 9.17) is 15.8 Å². The van der Waals surface area contributed by atoms with Gasteiger partial charge in [-0.1, -0.05) is 60.1 Å². The maximum Gasteiger partial charge on any atom is 0.339 e. The van der Waals surface area contributed by atoms with E-state index in [-0.39, 0.29) is 10.6 Å². The van der Waals surface area contributed by atoms with Crippen LogP contribution in [0.25, 0.3) is 22.5 Å². The lowest BCUT2D eigenvalue weighted by molar-refractivity contribution is 0.487. The summed E-state index contributed by atoms with van der Waals surface area (Å²) in [6, 6.07) is 24.4. The molecule has 0 aliphatic heterocycles. The number of aromatic nitrogens is 2. The van der Waals surface area contributed by atoms with Crippen molar-refractivity contribution in [3.05, 3.63) is 90.0 Å². The van der Waals surface area contributed by atoms with Gasteiger partial charge in [0.05, 0.1) is 11.4 Å². The maximum absolute atomic E-state index is 12.7. The van der Waals surface area contributed by atoms with Gasteiger partial charge in [-0.25, -0.2) is 0 Å². The Morgan fingerprint density at radius 2 is 1.61 bits per heavy atom. The van der Waals surface area contributed by atoms with Crippen LogP contribution in [0.2, 0.25) is 5.02 Å². The molecule has 0 bridgehead atoms. The summed E-state index contributed by atoms with van der Waals surface area (Å²) in [7, 11) is -4.03. The predicted octanol–water partition coefficient (Wildman–Crippen LogP) is 5.16. The lowest BCUT2D eigenvalue weighted by atomic mass is 10.1. The quantitative estimate of drug-likeness (QED) is 0.461. The molecule has 0 aliphatic rings. The van der Waals surface area contributed by atoms with E-state index in [1.54, 1.807) is 36.4 Å². The Kier molecular flexibility index (Phi) is 4.90. The number of hydrogen-bond donors (Lipinski definition) is 1. The summed E-state index contributed by atoms with van der Waals surface area (Å²) in [5.74, 6) is 0.189. The SMILES string of the molecule is O=S(=O)(Oc1ccccc1-c1cc(-c2ccccc2)[nH]n1)c1cccc(Cl)c1. The first kappa shape index (κ1) is 18.3. The molecular formula is C21H15ClN2O3S. The summed E-state index contributed by atoms with van der Waals surface area (Å²) in [6.45, 7) is 0. The molecule has 0 unspecified atom stereocenters. The van der Waals surface area contributed by atoms with Crippen molar-refractivity contribution in [2.45, 2.75) is 4.90 Å². The summed E-state index contributed by atoms with van der Waals surface area (Å²) in [5, 5.41) is 7.61. The third kappa shape index (κ3) is 3.78. The van der Waals surface area contributed by atoms with Crippen molar-refractivity contribution in [2.24, 2.45) is 0 Å². The highest BCUT2D eigenvalue weighted by atomic mass is 35.5. The molecule has 0 fully saturated rings. The molecule has 7 heteroatoms. The molecule has 4 aromatic rings. The van der Waals surface area contributed by atoms with E-state index < -0.39 is 10.1 Å². The first-order chi connectivity index (χ1) is 13.5. The Balaban J connectivity index is 1.69. The topological polar surface area (TPSA) is 72.1 Å². The number of rotatable bonds is 5. The number of nitrogens with zero attached hydrogens (tertiary/aromatic N) is 1. The molecular weight excluding hydrogens is 396 g/mol. The van der Waals surface area contributed by atoms with Crippen LogP contribution in [-0.4, -0.2) is 18.6 Å². The molecule has 0 radical (unpaired) electrons. The zero-order valence-electron chi connectivity index (χ0n) is 14.5. The molecule has 28 heavy (non-hydrogen) atoms. The number of benzene rings is 3. The highest BCUT2D eigenvalue weighted by Crippen LogP contribution is 2.33. The predicted molar refractivity (Wildman–Crippen MR) is 109 cm³/mol. The van der Waals surface area contributed by atoms with E-state index in [1.807, 2.05) is 36.4 Å². The zero-order valence-corrected chi connectivity index (χ0v) is 16.1. The fourth-order valence-electron chi connectivity index (χ4n) is 2.77. The van der Waals surface area contributed by atoms with E-state index in [1.165, 1.54) is 12.1 Å². The number of H-pyrrole nitrogens is 1. The van der Waals surface area contributed by atoms with Gasteiger partial charge in [-0.05, 0) is 42.0 Å². The molecule has 0 atom stereocenters. The summed E-state index contributed by atoms with van der Waals surface area (Å²) >= 11 is 5.91. The molecule has 0 aliphatic carbocycles. The van der Waals surface area contributed by atoms with Crippen LogP contribution in [0, 0.1) is 0 Å². The van der Waals surface area contributed by atoms with Crippen molar-refractivity contribution in [1.82, 2.24) is 10.2 Å². The molecule has 1 heterocycles. The van der Waals surface area contributed by atoms with Crippen molar-refractivity contribution < 1.29 is 12.6 Å². The second-order valence-corrected chi connectivity index (χ2v) is 8.01. The Bertz CT molecular complexity index is 1220. The van der Waals surface area contributed by atoms with Gasteiger partial charge in [0.25, 0.3) is 0 Å². The molecule has 0 amide bonds. The Hall–Kier alpha value is -3.09. The summed E-state index contributed by atoms with van der Waals surface area (Å²) in [5.41, 5.74) is 2.94. The van der Waals surface area contributed by atoms with Gasteiger partial charge in [0.2, 0.25) is 0 Å². The monoisotopic (exact) mass is 410 g/mol. The van der Waals surface area contributed by atoms with Gasteiger partial charge in [0, 0.05) is 10.6 Å². The number of para-hydroxylation sites is 1. The lowest BCUT2D eigenvalue weighted by Crippen LogP contribution is -2.10. The van der Waals surface area contributed by atoms with Crippen molar-refractivity contribution in [3.8, 4) is 28.3 Å². The van der Waals surface area contributed by atoms with Crippen LogP contribution >= 0.6 is 11.6 Å². The average Bonchev–Trinajstić information content (AvgIpc) is 3.19. The second kappa shape index (κ2) is 7.50. The third-order valence-electron chi connectivity index (χ3n) is 4.11. The van der Waals surface area contributed by atoms with Gasteiger partial charge >= 0.3 is 10.1 Å². The minimum atomic E-state index is -4.03. The molecule has 140 valence electrons. The number of aromatic amines is 1. The Morgan fingerprint density at radius 3 is 2.39 bits per heavy atom. The van der Waals surface area contributed by atoms with E-state index in [9.17, 15) is 8.42 Å². The molecule has 4 rings (SSSR count). The van der Waals surface area contributed by atoms with E-state index in [0.29, 0.717) is 16.3 Å². The second-order valence-electron chi connectivity index (χ2n) is 6.02. The van der Waals surface area contributed by atoms with E-state index in [0.717, 1.165) is 11.3 Å². The van der Waals surface area contributed by atoms with Crippen molar-refractivity contribution in [1.29, 1.82) is 0 Å². The van der Waals surface area contributed by atoms with Crippen LogP contribution in [0.5, 0.6) is 5.75 Å². The van der Waals surface area contributed by atoms with Crippen molar-refractivity contribution in [3.63, 3.8) is 0 Å². The van der Waals surface area contributed by atoms with Crippen molar-refractivity contribution >= 4 is 21.7 Å². The summed E-state index contributed by atoms with van der Waals surface area (Å²) < 4.78 is 30.7. The molecule has 0 spiro atoms. The molecule has 0 saturated carbocycles. The highest BCUT2D eigenvalue weighted by Gasteiger charge is 2.20. The van der Waals surface area contributed by atoms with Gasteiger partial charge in [-0.15, -0.1) is 0 Å².